The lowest BCUT2D eigenvalue weighted by Gasteiger charge is -2.24. The average molecular weight is 2030 g/mol. The summed E-state index contributed by atoms with van der Waals surface area (Å²) in [6, 6.07) is 61.2. The topological polar surface area (TPSA) is 525 Å². The summed E-state index contributed by atoms with van der Waals surface area (Å²) >= 11 is 25.7. The zero-order valence-corrected chi connectivity index (χ0v) is 81.6. The maximum absolute atomic E-state index is 13.8. The second kappa shape index (κ2) is 40.7. The van der Waals surface area contributed by atoms with Gasteiger partial charge < -0.3 is 61.9 Å². The molecule has 0 radical (unpaired) electrons. The fraction of sp³-hybridized carbons (Fsp3) is 0.212. The van der Waals surface area contributed by atoms with E-state index in [4.69, 9.17) is 97.0 Å². The number of nitrogens with two attached hydrogens (primary N) is 4. The van der Waals surface area contributed by atoms with Crippen LogP contribution in [0.25, 0.3) is 112 Å². The number of halogens is 4. The molecule has 38 nitrogen and oxygen atoms in total. The molecule has 146 heavy (non-hydrogen) atoms. The number of nitrogen functional groups attached to an aromatic ring is 4. The van der Waals surface area contributed by atoms with Crippen LogP contribution in [-0.4, -0.2) is 109 Å². The molecule has 42 heteroatoms. The van der Waals surface area contributed by atoms with Crippen LogP contribution in [-0.2, 0) is 0 Å². The van der Waals surface area contributed by atoms with Crippen molar-refractivity contribution in [2.75, 3.05) is 44.2 Å². The molecule has 0 spiro atoms. The fourth-order valence-corrected chi connectivity index (χ4v) is 18.4. The molecular weight excluding hydrogens is 1940 g/mol. The molecule has 24 rings (SSSR count). The molecule has 0 unspecified atom stereocenters. The van der Waals surface area contributed by atoms with E-state index >= 15 is 0 Å². The Morgan fingerprint density at radius 2 is 0.610 bits per heavy atom. The average Bonchev–Trinajstić information content (AvgIpc) is 1.02. The van der Waals surface area contributed by atoms with Gasteiger partial charge in [-0.2, -0.15) is 0 Å². The van der Waals surface area contributed by atoms with Gasteiger partial charge in [-0.05, 0) is 186 Å². The highest BCUT2D eigenvalue weighted by molar-refractivity contribution is 6.36. The summed E-state index contributed by atoms with van der Waals surface area (Å²) in [5.41, 5.74) is 30.9. The lowest BCUT2D eigenvalue weighted by molar-refractivity contribution is 0.508. The number of anilines is 8. The van der Waals surface area contributed by atoms with E-state index in [0.29, 0.717) is 187 Å². The third-order valence-electron chi connectivity index (χ3n) is 25.3. The Balaban J connectivity index is 0.000000114. The normalized spacial score (nSPS) is 14.1. The summed E-state index contributed by atoms with van der Waals surface area (Å²) in [5.74, 6) is 8.05. The Morgan fingerprint density at radius 3 is 0.959 bits per heavy atom. The standard InChI is InChI=1S/C27H24ClN7O2.C26H23ClN8O2.C26H22ClN7O2.C25H21ClN8O2/c1-2-19(32-24-22(23(29)30-14-31-24)26-34-33-25(37-26)15-11-12-15)20-13-16-7-6-10-18(28)21(16)27(36)35(20)17-8-4-3-5-9-17;1-2-17(31-22-20(21(28)29-13-30-22)25-34-33-24(37-25)14-11-12-14)23-32-18-10-6-9-16(27)19(18)26(36)35(23)15-7-4-3-5-8-15;1-14(31-23-21(22(28)29-13-30-23)25-33-32-24(36-25)15-10-11-15)19-12-16-6-5-9-18(27)20(16)26(35)34(19)17-7-3-2-4-8-17;1-13(30-21-19(20(27)28-12-29-21)24-33-32-23(36-24)14-10-11-14)22-31-17-9-5-8-16(26)18(17)25(35)34(22)15-6-3-2-4-7-15/h3-10,13-15,19H,2,11-12H2,1H3,(H3,29,30,31,32);3-10,13-14,17H,2,11-12H2,1H3,(H3,28,29,30,31);2-9,12-15H,10-11H2,1H3,(H3,28,29,30,31);2-9,12-14H,10-11H2,1H3,(H3,27,28,29,30)/t19-;17-;14-;13-/m0000/s1. The smallest absolute Gasteiger partial charge is 0.267 e. The van der Waals surface area contributed by atoms with Crippen LogP contribution >= 0.6 is 46.4 Å². The summed E-state index contributed by atoms with van der Waals surface area (Å²) in [4.78, 5) is 98.9. The molecule has 0 saturated heterocycles. The summed E-state index contributed by atoms with van der Waals surface area (Å²) in [6.45, 7) is 7.84. The zero-order chi connectivity index (χ0) is 101. The maximum Gasteiger partial charge on any atom is 0.267 e. The first-order chi connectivity index (χ1) is 71.1. The van der Waals surface area contributed by atoms with Gasteiger partial charge in [-0.15, -0.1) is 40.8 Å². The van der Waals surface area contributed by atoms with Gasteiger partial charge in [0.25, 0.3) is 45.8 Å². The molecular formula is C104H90Cl4N30O8. The molecule has 8 aromatic carbocycles. The number of fused-ring (bicyclic) bond motifs is 4. The number of nitrogens with one attached hydrogen (secondary N) is 4. The SMILES string of the molecule is CC[C@H](Nc1ncnc(N)c1-c1nnc(C2CC2)o1)c1cc2cccc(Cl)c2c(=O)n1-c1ccccc1.CC[C@H](Nc1ncnc(N)c1-c1nnc(C2CC2)o1)c1nc2cccc(Cl)c2c(=O)n1-c1ccccc1.C[C@H](Nc1ncnc(N)c1-c1nnc(C2CC2)o1)c1cc2cccc(Cl)c2c(=O)n1-c1ccccc1.C[C@H](Nc1ncnc(N)c1-c1nnc(C2CC2)o1)c1nc2cccc(Cl)c2c(=O)n1-c1ccccc1. The van der Waals surface area contributed by atoms with Gasteiger partial charge in [0, 0.05) is 46.4 Å². The van der Waals surface area contributed by atoms with Gasteiger partial charge in [-0.3, -0.25) is 37.4 Å². The van der Waals surface area contributed by atoms with Crippen molar-refractivity contribution in [2.45, 2.75) is 140 Å². The van der Waals surface area contributed by atoms with Gasteiger partial charge in [-0.25, -0.2) is 49.8 Å². The van der Waals surface area contributed by atoms with E-state index in [1.807, 2.05) is 185 Å². The van der Waals surface area contributed by atoms with Crippen molar-refractivity contribution in [1.29, 1.82) is 0 Å². The first-order valence-electron chi connectivity index (χ1n) is 47.3. The number of pyridine rings is 2. The lowest BCUT2D eigenvalue weighted by atomic mass is 10.0. The van der Waals surface area contributed by atoms with Crippen LogP contribution in [0.3, 0.4) is 0 Å². The Morgan fingerprint density at radius 1 is 0.322 bits per heavy atom. The van der Waals surface area contributed by atoms with E-state index < -0.39 is 12.1 Å². The van der Waals surface area contributed by atoms with E-state index in [0.717, 1.165) is 79.2 Å². The van der Waals surface area contributed by atoms with Crippen molar-refractivity contribution in [3.63, 3.8) is 0 Å². The molecule has 732 valence electrons. The Bertz CT molecular complexity index is 8100. The van der Waals surface area contributed by atoms with E-state index in [9.17, 15) is 19.2 Å². The summed E-state index contributed by atoms with van der Waals surface area (Å²) in [7, 11) is 0. The molecule has 0 bridgehead atoms. The van der Waals surface area contributed by atoms with Crippen LogP contribution in [0.1, 0.15) is 186 Å². The Labute approximate surface area is 849 Å². The molecule has 4 aliphatic rings. The minimum Gasteiger partial charge on any atom is -0.420 e. The van der Waals surface area contributed by atoms with Crippen molar-refractivity contribution >= 4 is 136 Å². The van der Waals surface area contributed by atoms with Gasteiger partial charge in [0.15, 0.2) is 0 Å². The van der Waals surface area contributed by atoms with Gasteiger partial charge >= 0.3 is 0 Å². The quantitative estimate of drug-likeness (QED) is 0.0250. The van der Waals surface area contributed by atoms with Crippen molar-refractivity contribution < 1.29 is 17.7 Å². The monoisotopic (exact) mass is 2030 g/mol. The molecule has 0 aliphatic heterocycles. The van der Waals surface area contributed by atoms with Gasteiger partial charge in [0.05, 0.1) is 88.2 Å². The first kappa shape index (κ1) is 95.1. The largest absolute Gasteiger partial charge is 0.420 e. The number of hydrogen-bond donors (Lipinski definition) is 8. The number of para-hydroxylation sites is 4. The minimum atomic E-state index is -0.486. The van der Waals surface area contributed by atoms with Crippen molar-refractivity contribution in [1.82, 2.24) is 109 Å². The van der Waals surface area contributed by atoms with E-state index in [2.05, 4.69) is 102 Å². The number of nitrogens with zero attached hydrogens (tertiary/aromatic N) is 22. The summed E-state index contributed by atoms with van der Waals surface area (Å²) < 4.78 is 30.1. The molecule has 0 amide bonds. The third-order valence-corrected chi connectivity index (χ3v) is 26.6. The maximum atomic E-state index is 13.8. The van der Waals surface area contributed by atoms with Crippen molar-refractivity contribution in [3.8, 4) is 68.6 Å². The van der Waals surface area contributed by atoms with E-state index in [1.165, 1.54) is 25.3 Å². The van der Waals surface area contributed by atoms with Crippen LogP contribution in [0.2, 0.25) is 20.1 Å². The van der Waals surface area contributed by atoms with Gasteiger partial charge in [-0.1, -0.05) is 169 Å². The third kappa shape index (κ3) is 19.3. The number of rotatable bonds is 26. The molecule has 12 aromatic heterocycles. The Kier molecular flexibility index (Phi) is 26.5. The molecule has 4 saturated carbocycles. The Hall–Kier alpha value is -17.1. The highest BCUT2D eigenvalue weighted by atomic mass is 35.5. The van der Waals surface area contributed by atoms with Gasteiger partial charge in [0.2, 0.25) is 23.6 Å². The van der Waals surface area contributed by atoms with Crippen molar-refractivity contribution in [2.24, 2.45) is 0 Å². The first-order valence-corrected chi connectivity index (χ1v) is 48.8. The number of benzene rings is 8. The zero-order valence-electron chi connectivity index (χ0n) is 78.6. The fourth-order valence-electron chi connectivity index (χ4n) is 17.3. The summed E-state index contributed by atoms with van der Waals surface area (Å²) in [6.07, 6.45) is 14.9. The van der Waals surface area contributed by atoms with Crippen LogP contribution in [0, 0.1) is 0 Å². The van der Waals surface area contributed by atoms with Crippen LogP contribution in [0.4, 0.5) is 46.5 Å². The molecule has 4 aliphatic carbocycles. The van der Waals surface area contributed by atoms with Crippen LogP contribution < -0.4 is 66.4 Å². The number of aromatic nitrogens is 22. The number of hydrogen-bond acceptors (Lipinski definition) is 34. The van der Waals surface area contributed by atoms with E-state index in [-0.39, 0.29) is 81.2 Å². The van der Waals surface area contributed by atoms with Gasteiger partial charge in [0.1, 0.15) is 106 Å². The molecule has 4 atom stereocenters. The predicted molar refractivity (Wildman–Crippen MR) is 558 cm³/mol. The molecule has 12 N–H and O–H groups in total. The lowest BCUT2D eigenvalue weighted by Crippen LogP contribution is -2.28. The second-order valence-electron chi connectivity index (χ2n) is 35.4. The second-order valence-corrected chi connectivity index (χ2v) is 37.0. The van der Waals surface area contributed by atoms with E-state index in [1.54, 1.807) is 66.8 Å². The van der Waals surface area contributed by atoms with Crippen LogP contribution in [0.5, 0.6) is 0 Å². The predicted octanol–water partition coefficient (Wildman–Crippen LogP) is 20.0. The van der Waals surface area contributed by atoms with Crippen molar-refractivity contribution in [3.05, 3.63) is 340 Å². The highest BCUT2D eigenvalue weighted by Gasteiger charge is 2.37. The summed E-state index contributed by atoms with van der Waals surface area (Å²) in [5, 5.41) is 51.7. The molecule has 4 fully saturated rings. The van der Waals surface area contributed by atoms with Crippen LogP contribution in [0.15, 0.2) is 268 Å². The molecule has 20 aromatic rings. The highest BCUT2D eigenvalue weighted by Crippen LogP contribution is 2.47. The molecule has 12 heterocycles. The minimum absolute atomic E-state index is 0.196.